The highest BCUT2D eigenvalue weighted by Crippen LogP contribution is 2.08. The third-order valence-electron chi connectivity index (χ3n) is 3.57. The maximum atomic E-state index is 11.1. The average molecular weight is 461 g/mol. The van der Waals surface area contributed by atoms with Crippen LogP contribution in [0.5, 0.6) is 0 Å². The number of aliphatic hydroxyl groups is 10. The number of rotatable bonds is 13. The molecule has 16 heteroatoms. The van der Waals surface area contributed by atoms with E-state index in [9.17, 15) is 29.4 Å². The fourth-order valence-electron chi connectivity index (χ4n) is 1.64. The summed E-state index contributed by atoms with van der Waals surface area (Å²) in [5, 5.41) is 88.7. The maximum Gasteiger partial charge on any atom is 0.345 e. The van der Waals surface area contributed by atoms with Gasteiger partial charge in [-0.2, -0.15) is 0 Å². The Balaban J connectivity index is 0. The van der Waals surface area contributed by atoms with E-state index in [1.54, 1.807) is 0 Å². The molecule has 0 aromatic rings. The number of ether oxygens (including phenoxy) is 1. The normalized spacial score (nSPS) is 19.7. The summed E-state index contributed by atoms with van der Waals surface area (Å²) in [6, 6.07) is 0. The van der Waals surface area contributed by atoms with Gasteiger partial charge in [0.05, 0.1) is 13.2 Å². The molecule has 0 fully saturated rings. The van der Waals surface area contributed by atoms with Gasteiger partial charge in [-0.25, -0.2) is 4.79 Å². The van der Waals surface area contributed by atoms with Gasteiger partial charge in [-0.3, -0.25) is 9.59 Å². The van der Waals surface area contributed by atoms with Gasteiger partial charge in [-0.1, -0.05) is 0 Å². The van der Waals surface area contributed by atoms with Crippen molar-refractivity contribution < 1.29 is 75.0 Å². The van der Waals surface area contributed by atoms with Crippen molar-refractivity contribution in [3.8, 4) is 0 Å². The summed E-state index contributed by atoms with van der Waals surface area (Å²) in [7, 11) is 0. The second-order valence-corrected chi connectivity index (χ2v) is 5.93. The van der Waals surface area contributed by atoms with E-state index in [0.717, 1.165) is 0 Å². The first-order chi connectivity index (χ1) is 14.3. The van der Waals surface area contributed by atoms with Crippen LogP contribution in [0.4, 0.5) is 0 Å². The number of hydrogen-bond acceptors (Lipinski definition) is 15. The minimum Gasteiger partial charge on any atom is -0.449 e. The molecule has 0 aliphatic heterocycles. The predicted octanol–water partition coefficient (Wildman–Crippen LogP) is -8.36. The van der Waals surface area contributed by atoms with Gasteiger partial charge in [0.2, 0.25) is 6.10 Å². The van der Waals surface area contributed by atoms with Crippen LogP contribution in [-0.2, 0) is 23.9 Å². The average Bonchev–Trinajstić information content (AvgIpc) is 2.78. The van der Waals surface area contributed by atoms with Crippen molar-refractivity contribution in [2.24, 2.45) is 5.73 Å². The summed E-state index contributed by atoms with van der Waals surface area (Å²) in [5.41, 5.74) is 4.60. The first-order valence-corrected chi connectivity index (χ1v) is 8.37. The summed E-state index contributed by atoms with van der Waals surface area (Å²) in [6.45, 7) is -1.68. The minimum absolute atomic E-state index is 0.0258. The zero-order chi connectivity index (χ0) is 24.9. The Labute approximate surface area is 174 Å². The Morgan fingerprint density at radius 1 is 0.742 bits per heavy atom. The third-order valence-corrected chi connectivity index (χ3v) is 3.57. The van der Waals surface area contributed by atoms with Crippen LogP contribution in [0.25, 0.3) is 0 Å². The number of primary amides is 1. The molecule has 0 radical (unpaired) electrons. The fourth-order valence-corrected chi connectivity index (χ4v) is 1.64. The summed E-state index contributed by atoms with van der Waals surface area (Å²) in [4.78, 5) is 42.0. The molecule has 0 aromatic carbocycles. The second-order valence-electron chi connectivity index (χ2n) is 5.93. The van der Waals surface area contributed by atoms with Crippen molar-refractivity contribution in [1.29, 1.82) is 0 Å². The number of carbonyl (C=O) groups is 4. The molecule has 1 amide bonds. The molecule has 0 aliphatic rings. The van der Waals surface area contributed by atoms with Crippen LogP contribution in [-0.4, -0.2) is 144 Å². The van der Waals surface area contributed by atoms with Gasteiger partial charge in [0.1, 0.15) is 42.7 Å². The number of aliphatic hydroxyl groups excluding tert-OH is 10. The van der Waals surface area contributed by atoms with Crippen LogP contribution in [0.1, 0.15) is 0 Å². The Kier molecular flexibility index (Phi) is 15.7. The molecule has 0 saturated heterocycles. The number of hydrogen-bond donors (Lipinski definition) is 11. The van der Waals surface area contributed by atoms with Crippen molar-refractivity contribution in [2.45, 2.75) is 54.9 Å². The number of carbonyl (C=O) groups excluding carboxylic acids is 4. The monoisotopic (exact) mass is 461 g/mol. The molecule has 182 valence electrons. The lowest BCUT2D eigenvalue weighted by molar-refractivity contribution is -0.176. The predicted molar refractivity (Wildman–Crippen MR) is 93.4 cm³/mol. The number of esters is 1. The number of amides is 1. The fraction of sp³-hybridized carbons (Fsp3) is 0.733. The van der Waals surface area contributed by atoms with E-state index < -0.39 is 80.0 Å². The molecule has 0 heterocycles. The Bertz CT molecular complexity index is 561. The maximum absolute atomic E-state index is 11.1. The lowest BCUT2D eigenvalue weighted by Gasteiger charge is -2.25. The zero-order valence-corrected chi connectivity index (χ0v) is 15.9. The molecule has 9 atom stereocenters. The molecule has 16 nitrogen and oxygen atoms in total. The van der Waals surface area contributed by atoms with Gasteiger partial charge in [0.15, 0.2) is 18.7 Å². The molecule has 0 spiro atoms. The molecule has 0 bridgehead atoms. The van der Waals surface area contributed by atoms with Gasteiger partial charge in [0, 0.05) is 0 Å². The Morgan fingerprint density at radius 3 is 1.48 bits per heavy atom. The first kappa shape index (κ1) is 31.1. The topological polar surface area (TPSA) is 306 Å². The molecular weight excluding hydrogens is 434 g/mol. The van der Waals surface area contributed by atoms with E-state index in [1.165, 1.54) is 0 Å². The van der Waals surface area contributed by atoms with E-state index in [2.05, 4.69) is 10.5 Å². The molecule has 0 aromatic heterocycles. The van der Waals surface area contributed by atoms with Crippen LogP contribution in [0.3, 0.4) is 0 Å². The lowest BCUT2D eigenvalue weighted by Crippen LogP contribution is -2.49. The second kappa shape index (κ2) is 15.6. The lowest BCUT2D eigenvalue weighted by atomic mass is 10.0. The standard InChI is InChI=1S/C9H15NO9.C6H12O6/c10-8(17)7(16)9(18)19-4(2-12)6(15)5(14)3(13)1-11;7-1-3(9)5(11)6(12)4(10)2-8/h2-7,11,13-16H,1H2,(H2,10,17);1,3-6,8-12H,2H2. The van der Waals surface area contributed by atoms with Crippen LogP contribution in [0, 0.1) is 0 Å². The highest BCUT2D eigenvalue weighted by molar-refractivity contribution is 6.00. The zero-order valence-electron chi connectivity index (χ0n) is 15.9. The van der Waals surface area contributed by atoms with Gasteiger partial charge in [0.25, 0.3) is 5.91 Å². The molecule has 0 rings (SSSR count). The summed E-state index contributed by atoms with van der Waals surface area (Å²) < 4.78 is 4.24. The van der Waals surface area contributed by atoms with Crippen LogP contribution in [0.15, 0.2) is 0 Å². The Hall–Kier alpha value is -2.12. The van der Waals surface area contributed by atoms with E-state index in [4.69, 9.17) is 40.9 Å². The number of nitrogens with two attached hydrogens (primary N) is 1. The minimum atomic E-state index is -2.34. The number of aldehydes is 2. The van der Waals surface area contributed by atoms with Crippen molar-refractivity contribution in [3.63, 3.8) is 0 Å². The molecule has 12 N–H and O–H groups in total. The smallest absolute Gasteiger partial charge is 0.345 e. The van der Waals surface area contributed by atoms with E-state index >= 15 is 0 Å². The van der Waals surface area contributed by atoms with Crippen molar-refractivity contribution in [2.75, 3.05) is 13.2 Å². The SMILES string of the molecule is NC(=O)C(O)C(=O)OC(C=O)C(O)C(O)C(O)CO.O=CC(O)C(O)C(O)C(O)CO. The third kappa shape index (κ3) is 10.6. The molecule has 0 saturated carbocycles. The highest BCUT2D eigenvalue weighted by atomic mass is 16.6. The largest absolute Gasteiger partial charge is 0.449 e. The van der Waals surface area contributed by atoms with Crippen LogP contribution < -0.4 is 5.73 Å². The quantitative estimate of drug-likeness (QED) is 0.0689. The first-order valence-electron chi connectivity index (χ1n) is 8.37. The summed E-state index contributed by atoms with van der Waals surface area (Å²) in [6.07, 6.45) is -17.1. The summed E-state index contributed by atoms with van der Waals surface area (Å²) >= 11 is 0. The van der Waals surface area contributed by atoms with E-state index in [-0.39, 0.29) is 12.6 Å². The molecule has 31 heavy (non-hydrogen) atoms. The van der Waals surface area contributed by atoms with Crippen molar-refractivity contribution >= 4 is 24.4 Å². The molecule has 0 aliphatic carbocycles. The van der Waals surface area contributed by atoms with Crippen molar-refractivity contribution in [3.05, 3.63) is 0 Å². The molecular formula is C15H27NO15. The van der Waals surface area contributed by atoms with Crippen LogP contribution in [0.2, 0.25) is 0 Å². The molecule has 9 unspecified atom stereocenters. The van der Waals surface area contributed by atoms with E-state index in [1.807, 2.05) is 0 Å². The highest BCUT2D eigenvalue weighted by Gasteiger charge is 2.35. The van der Waals surface area contributed by atoms with Gasteiger partial charge < -0.3 is 66.3 Å². The van der Waals surface area contributed by atoms with Gasteiger partial charge in [-0.15, -0.1) is 0 Å². The summed E-state index contributed by atoms with van der Waals surface area (Å²) in [5.74, 6) is -3.03. The van der Waals surface area contributed by atoms with E-state index in [0.29, 0.717) is 0 Å². The van der Waals surface area contributed by atoms with Gasteiger partial charge in [-0.05, 0) is 0 Å². The van der Waals surface area contributed by atoms with Crippen LogP contribution >= 0.6 is 0 Å². The van der Waals surface area contributed by atoms with Crippen molar-refractivity contribution in [1.82, 2.24) is 0 Å². The van der Waals surface area contributed by atoms with Gasteiger partial charge >= 0.3 is 5.97 Å². The Morgan fingerprint density at radius 2 is 1.16 bits per heavy atom.